The number of benzene rings is 1. The van der Waals surface area contributed by atoms with Crippen molar-refractivity contribution in [3.05, 3.63) is 68.4 Å². The van der Waals surface area contributed by atoms with Crippen molar-refractivity contribution in [2.45, 2.75) is 39.5 Å². The average molecular weight is 591 g/mol. The van der Waals surface area contributed by atoms with Crippen LogP contribution >= 0.6 is 45.3 Å². The Morgan fingerprint density at radius 3 is 1.35 bits per heavy atom. The van der Waals surface area contributed by atoms with E-state index in [2.05, 4.69) is 38.1 Å². The third-order valence-electron chi connectivity index (χ3n) is 6.46. The van der Waals surface area contributed by atoms with Gasteiger partial charge in [-0.25, -0.2) is 0 Å². The summed E-state index contributed by atoms with van der Waals surface area (Å²) in [7, 11) is 0. The van der Waals surface area contributed by atoms with Gasteiger partial charge in [-0.2, -0.15) is 21.0 Å². The Morgan fingerprint density at radius 2 is 1.00 bits per heavy atom. The monoisotopic (exact) mass is 590 g/mol. The van der Waals surface area contributed by atoms with Crippen LogP contribution in [0.4, 0.5) is 0 Å². The van der Waals surface area contributed by atoms with Crippen molar-refractivity contribution in [2.24, 2.45) is 0 Å². The lowest BCUT2D eigenvalue weighted by atomic mass is 9.96. The molecule has 0 aliphatic heterocycles. The Bertz CT molecular complexity index is 1750. The van der Waals surface area contributed by atoms with Crippen LogP contribution in [0.5, 0.6) is 0 Å². The molecule has 4 aromatic heterocycles. The molecule has 0 bridgehead atoms. The Hall–Kier alpha value is -4.02. The molecule has 1 aromatic carbocycles. The molecule has 0 atom stereocenters. The van der Waals surface area contributed by atoms with E-state index in [0.717, 1.165) is 45.2 Å². The van der Waals surface area contributed by atoms with Gasteiger partial charge in [0.25, 0.3) is 0 Å². The number of hydrogen-bond donors (Lipinski definition) is 0. The number of aryl methyl sites for hydroxylation is 2. The highest BCUT2D eigenvalue weighted by atomic mass is 32.1. The maximum atomic E-state index is 9.13. The second-order valence-corrected chi connectivity index (χ2v) is 13.5. The van der Waals surface area contributed by atoms with Gasteiger partial charge >= 0.3 is 0 Å². The predicted octanol–water partition coefficient (Wildman–Crippen LogP) is 10.3. The van der Waals surface area contributed by atoms with Crippen LogP contribution in [0.15, 0.2) is 47.5 Å². The first kappa shape index (κ1) is 27.5. The third-order valence-corrected chi connectivity index (χ3v) is 11.3. The third kappa shape index (κ3) is 5.24. The van der Waals surface area contributed by atoms with Crippen molar-refractivity contribution in [2.75, 3.05) is 0 Å². The molecule has 0 aliphatic rings. The van der Waals surface area contributed by atoms with E-state index in [9.17, 15) is 0 Å². The minimum absolute atomic E-state index is 0.112. The smallest absolute Gasteiger partial charge is 0.131 e. The van der Waals surface area contributed by atoms with Crippen molar-refractivity contribution in [3.63, 3.8) is 0 Å². The van der Waals surface area contributed by atoms with Crippen LogP contribution < -0.4 is 0 Å². The largest absolute Gasteiger partial charge is 0.192 e. The van der Waals surface area contributed by atoms with Gasteiger partial charge in [0.2, 0.25) is 0 Å². The first-order chi connectivity index (χ1) is 19.5. The Morgan fingerprint density at radius 1 is 0.600 bits per heavy atom. The summed E-state index contributed by atoms with van der Waals surface area (Å²) in [6.07, 6.45) is 7.39. The summed E-state index contributed by atoms with van der Waals surface area (Å²) in [6.45, 7) is 4.44. The number of rotatable bonds is 8. The van der Waals surface area contributed by atoms with E-state index in [-0.39, 0.29) is 11.1 Å². The van der Waals surface area contributed by atoms with E-state index in [1.54, 1.807) is 34.8 Å². The standard InChI is InChI=1S/C32H22N4S4/c1-3-5-23-25-13-29(27-9-7-21(37-27)11-19(15-33)16-34)40-32(25)24(6-4-2)26-14-30(39-31(23)26)28-10-8-22(38-28)12-20(17-35)18-36/h7-14H,3-6H2,1-2H3. The number of nitriles is 4. The van der Waals surface area contributed by atoms with Crippen LogP contribution in [0, 0.1) is 45.3 Å². The van der Waals surface area contributed by atoms with Crippen molar-refractivity contribution >= 4 is 77.7 Å². The fourth-order valence-corrected chi connectivity index (χ4v) is 9.36. The number of fused-ring (bicyclic) bond motifs is 2. The van der Waals surface area contributed by atoms with E-state index in [1.807, 2.05) is 59.1 Å². The summed E-state index contributed by atoms with van der Waals surface area (Å²) in [6, 6.07) is 20.6. The molecule has 0 saturated heterocycles. The van der Waals surface area contributed by atoms with Crippen LogP contribution in [0.2, 0.25) is 0 Å². The number of thiophene rings is 4. The molecule has 4 nitrogen and oxygen atoms in total. The topological polar surface area (TPSA) is 95.2 Å². The molecule has 0 saturated carbocycles. The van der Waals surface area contributed by atoms with E-state index in [0.29, 0.717) is 0 Å². The van der Waals surface area contributed by atoms with Crippen LogP contribution in [0.25, 0.3) is 51.8 Å². The molecule has 5 rings (SSSR count). The van der Waals surface area contributed by atoms with Gasteiger partial charge in [-0.05, 0) is 83.3 Å². The molecule has 0 spiro atoms. The summed E-state index contributed by atoms with van der Waals surface area (Å²) in [5.41, 5.74) is 3.01. The first-order valence-corrected chi connectivity index (χ1v) is 16.0. The molecule has 194 valence electrons. The predicted molar refractivity (Wildman–Crippen MR) is 170 cm³/mol. The molecule has 0 N–H and O–H groups in total. The molecule has 0 aliphatic carbocycles. The lowest BCUT2D eigenvalue weighted by Crippen LogP contribution is -1.91. The molecule has 8 heteroatoms. The second-order valence-electron chi connectivity index (χ2n) is 9.13. The molecule has 0 unspecified atom stereocenters. The highest BCUT2D eigenvalue weighted by Crippen LogP contribution is 2.48. The summed E-state index contributed by atoms with van der Waals surface area (Å²) in [5.74, 6) is 0. The fraction of sp³-hybridized carbons (Fsp3) is 0.188. The van der Waals surface area contributed by atoms with Gasteiger partial charge in [-0.15, -0.1) is 45.3 Å². The lowest BCUT2D eigenvalue weighted by molar-refractivity contribution is 0.930. The normalized spacial score (nSPS) is 10.6. The summed E-state index contributed by atoms with van der Waals surface area (Å²) >= 11 is 6.88. The van der Waals surface area contributed by atoms with Crippen LogP contribution in [-0.4, -0.2) is 0 Å². The van der Waals surface area contributed by atoms with Crippen molar-refractivity contribution in [1.29, 1.82) is 21.0 Å². The van der Waals surface area contributed by atoms with Gasteiger partial charge in [-0.3, -0.25) is 0 Å². The van der Waals surface area contributed by atoms with Gasteiger partial charge in [-0.1, -0.05) is 26.7 Å². The van der Waals surface area contributed by atoms with Gasteiger partial charge in [0.15, 0.2) is 0 Å². The number of hydrogen-bond acceptors (Lipinski definition) is 8. The molecule has 40 heavy (non-hydrogen) atoms. The fourth-order valence-electron chi connectivity index (χ4n) is 4.75. The quantitative estimate of drug-likeness (QED) is 0.168. The van der Waals surface area contributed by atoms with Gasteiger partial charge in [0.05, 0.1) is 0 Å². The highest BCUT2D eigenvalue weighted by Gasteiger charge is 2.20. The van der Waals surface area contributed by atoms with Crippen molar-refractivity contribution in [3.8, 4) is 43.8 Å². The maximum absolute atomic E-state index is 9.13. The van der Waals surface area contributed by atoms with E-state index in [4.69, 9.17) is 21.0 Å². The van der Waals surface area contributed by atoms with E-state index in [1.165, 1.54) is 41.1 Å². The van der Waals surface area contributed by atoms with E-state index < -0.39 is 0 Å². The zero-order valence-electron chi connectivity index (χ0n) is 21.9. The minimum Gasteiger partial charge on any atom is -0.192 e. The van der Waals surface area contributed by atoms with Gasteiger partial charge < -0.3 is 0 Å². The molecular formula is C32H22N4S4. The Labute approximate surface area is 249 Å². The van der Waals surface area contributed by atoms with Gasteiger partial charge in [0, 0.05) is 38.7 Å². The summed E-state index contributed by atoms with van der Waals surface area (Å²) < 4.78 is 2.69. The Kier molecular flexibility index (Phi) is 8.27. The van der Waals surface area contributed by atoms with E-state index >= 15 is 0 Å². The molecule has 5 aromatic rings. The average Bonchev–Trinajstić information content (AvgIpc) is 3.77. The highest BCUT2D eigenvalue weighted by molar-refractivity contribution is 7.28. The van der Waals surface area contributed by atoms with Crippen molar-refractivity contribution < 1.29 is 0 Å². The zero-order valence-corrected chi connectivity index (χ0v) is 25.1. The summed E-state index contributed by atoms with van der Waals surface area (Å²) in [5, 5.41) is 39.2. The zero-order chi connectivity index (χ0) is 28.2. The lowest BCUT2D eigenvalue weighted by Gasteiger charge is -2.10. The first-order valence-electron chi connectivity index (χ1n) is 12.8. The number of nitrogens with zero attached hydrogens (tertiary/aromatic N) is 4. The Balaban J connectivity index is 1.66. The van der Waals surface area contributed by atoms with Gasteiger partial charge in [0.1, 0.15) is 35.4 Å². The maximum Gasteiger partial charge on any atom is 0.131 e. The summed E-state index contributed by atoms with van der Waals surface area (Å²) in [4.78, 5) is 6.52. The van der Waals surface area contributed by atoms with Crippen LogP contribution in [-0.2, 0) is 12.8 Å². The minimum atomic E-state index is 0.112. The van der Waals surface area contributed by atoms with Crippen molar-refractivity contribution in [1.82, 2.24) is 0 Å². The molecule has 0 radical (unpaired) electrons. The SMILES string of the molecule is CCCc1c2cc(-c3ccc(C=C(C#N)C#N)s3)sc2c(CCC)c2cc(-c3ccc(C=C(C#N)C#N)s3)sc12. The van der Waals surface area contributed by atoms with Crippen LogP contribution in [0.3, 0.4) is 0 Å². The number of allylic oxidation sites excluding steroid dienone is 2. The molecule has 4 heterocycles. The van der Waals surface area contributed by atoms with Crippen LogP contribution in [0.1, 0.15) is 47.6 Å². The second kappa shape index (κ2) is 12.0. The molecular weight excluding hydrogens is 569 g/mol. The molecule has 0 fully saturated rings. The molecule has 0 amide bonds.